The highest BCUT2D eigenvalue weighted by Gasteiger charge is 2.23. The Labute approximate surface area is 199 Å². The molecule has 1 aliphatic heterocycles. The quantitative estimate of drug-likeness (QED) is 0.528. The average molecular weight is 464 g/mol. The van der Waals surface area contributed by atoms with Crippen molar-refractivity contribution in [3.63, 3.8) is 0 Å². The number of methoxy groups -OCH3 is 1. The second-order valence-corrected chi connectivity index (χ2v) is 9.01. The van der Waals surface area contributed by atoms with Gasteiger partial charge in [-0.1, -0.05) is 30.0 Å². The van der Waals surface area contributed by atoms with E-state index in [1.807, 2.05) is 44.2 Å². The van der Waals surface area contributed by atoms with Gasteiger partial charge in [-0.05, 0) is 49.2 Å². The van der Waals surface area contributed by atoms with E-state index in [1.54, 1.807) is 19.5 Å². The third kappa shape index (κ3) is 5.76. The van der Waals surface area contributed by atoms with E-state index in [0.717, 1.165) is 65.3 Å². The van der Waals surface area contributed by atoms with Crippen LogP contribution in [0.1, 0.15) is 11.1 Å². The highest BCUT2D eigenvalue weighted by molar-refractivity contribution is 8.00. The number of hydrogen-bond acceptors (Lipinski definition) is 7. The Morgan fingerprint density at radius 3 is 2.39 bits per heavy atom. The van der Waals surface area contributed by atoms with Crippen LogP contribution in [-0.2, 0) is 4.79 Å². The van der Waals surface area contributed by atoms with Gasteiger partial charge in [0.05, 0.1) is 18.6 Å². The van der Waals surface area contributed by atoms with Crippen LogP contribution in [0.4, 0.5) is 17.2 Å². The number of ether oxygens (including phenoxy) is 1. The van der Waals surface area contributed by atoms with Crippen LogP contribution in [0.15, 0.2) is 59.9 Å². The van der Waals surface area contributed by atoms with E-state index in [-0.39, 0.29) is 11.7 Å². The first kappa shape index (κ1) is 22.9. The number of anilines is 3. The largest absolute Gasteiger partial charge is 0.495 e. The Hall–Kier alpha value is -3.26. The van der Waals surface area contributed by atoms with Gasteiger partial charge in [-0.25, -0.2) is 9.97 Å². The van der Waals surface area contributed by atoms with Crippen LogP contribution in [-0.4, -0.2) is 54.9 Å². The maximum atomic E-state index is 12.5. The lowest BCUT2D eigenvalue weighted by molar-refractivity contribution is -0.113. The van der Waals surface area contributed by atoms with Crippen molar-refractivity contribution in [2.45, 2.75) is 18.9 Å². The van der Waals surface area contributed by atoms with Crippen LogP contribution < -0.4 is 19.9 Å². The number of benzene rings is 2. The third-order valence-electron chi connectivity index (χ3n) is 5.50. The summed E-state index contributed by atoms with van der Waals surface area (Å²) in [4.78, 5) is 26.2. The lowest BCUT2D eigenvalue weighted by Crippen LogP contribution is -2.47. The predicted octanol–water partition coefficient (Wildman–Crippen LogP) is 4.16. The zero-order chi connectivity index (χ0) is 23.2. The lowest BCUT2D eigenvalue weighted by Gasteiger charge is -2.37. The molecule has 8 heteroatoms. The number of carbonyl (C=O) groups excluding carboxylic acids is 1. The van der Waals surface area contributed by atoms with Gasteiger partial charge in [-0.2, -0.15) is 0 Å². The van der Waals surface area contributed by atoms with Crippen LogP contribution in [0.25, 0.3) is 0 Å². The molecular formula is C25H29N5O2S. The fourth-order valence-corrected chi connectivity index (χ4v) is 4.85. The standard InChI is InChI=1S/C25H29N5O2S/c1-18-14-19(2)16-20(15-18)28-23(31)17-33-25-24(26-8-9-27-25)30-12-10-29(11-13-30)21-6-4-5-7-22(21)32-3/h4-9,14-16H,10-13,17H2,1-3H3,(H,28,31). The molecule has 7 nitrogen and oxygen atoms in total. The minimum Gasteiger partial charge on any atom is -0.495 e. The van der Waals surface area contributed by atoms with Gasteiger partial charge in [0.25, 0.3) is 0 Å². The number of amides is 1. The molecule has 1 aromatic heterocycles. The molecular weight excluding hydrogens is 434 g/mol. The molecule has 0 aliphatic carbocycles. The fourth-order valence-electron chi connectivity index (χ4n) is 4.06. The van der Waals surface area contributed by atoms with Gasteiger partial charge < -0.3 is 19.9 Å². The minimum absolute atomic E-state index is 0.0532. The Morgan fingerprint density at radius 1 is 1.00 bits per heavy atom. The van der Waals surface area contributed by atoms with E-state index in [4.69, 9.17) is 4.74 Å². The van der Waals surface area contributed by atoms with Crippen molar-refractivity contribution in [2.75, 3.05) is 54.2 Å². The molecule has 172 valence electrons. The van der Waals surface area contributed by atoms with E-state index in [2.05, 4.69) is 37.2 Å². The Morgan fingerprint density at radius 2 is 1.67 bits per heavy atom. The first-order chi connectivity index (χ1) is 16.0. The van der Waals surface area contributed by atoms with Crippen molar-refractivity contribution in [1.82, 2.24) is 9.97 Å². The van der Waals surface area contributed by atoms with Crippen LogP contribution in [0, 0.1) is 13.8 Å². The number of hydrogen-bond donors (Lipinski definition) is 1. The van der Waals surface area contributed by atoms with Gasteiger partial charge in [0.2, 0.25) is 5.91 Å². The van der Waals surface area contributed by atoms with Gasteiger partial charge in [-0.15, -0.1) is 0 Å². The molecule has 1 saturated heterocycles. The van der Waals surface area contributed by atoms with Gasteiger partial charge in [0.1, 0.15) is 10.8 Å². The normalized spacial score (nSPS) is 13.7. The number of aryl methyl sites for hydroxylation is 2. The molecule has 1 aliphatic rings. The molecule has 3 aromatic rings. The zero-order valence-corrected chi connectivity index (χ0v) is 20.1. The van der Waals surface area contributed by atoms with Gasteiger partial charge >= 0.3 is 0 Å². The van der Waals surface area contributed by atoms with Crippen molar-refractivity contribution in [2.24, 2.45) is 0 Å². The summed E-state index contributed by atoms with van der Waals surface area (Å²) in [5, 5.41) is 3.76. The summed E-state index contributed by atoms with van der Waals surface area (Å²) in [6.45, 7) is 7.40. The second-order valence-electron chi connectivity index (χ2n) is 8.04. The molecule has 2 heterocycles. The monoisotopic (exact) mass is 463 g/mol. The molecule has 33 heavy (non-hydrogen) atoms. The fraction of sp³-hybridized carbons (Fsp3) is 0.320. The molecule has 1 amide bonds. The molecule has 0 spiro atoms. The van der Waals surface area contributed by atoms with Crippen molar-refractivity contribution in [1.29, 1.82) is 0 Å². The van der Waals surface area contributed by atoms with Crippen molar-refractivity contribution >= 4 is 34.9 Å². The number of nitrogens with zero attached hydrogens (tertiary/aromatic N) is 4. The summed E-state index contributed by atoms with van der Waals surface area (Å²) in [5.74, 6) is 1.94. The molecule has 0 bridgehead atoms. The van der Waals surface area contributed by atoms with E-state index in [1.165, 1.54) is 11.8 Å². The van der Waals surface area contributed by atoms with Crippen LogP contribution in [0.5, 0.6) is 5.75 Å². The number of nitrogens with one attached hydrogen (secondary N) is 1. The SMILES string of the molecule is COc1ccccc1N1CCN(c2nccnc2SCC(=O)Nc2cc(C)cc(C)c2)CC1. The number of thioether (sulfide) groups is 1. The summed E-state index contributed by atoms with van der Waals surface area (Å²) in [6.07, 6.45) is 3.39. The van der Waals surface area contributed by atoms with E-state index >= 15 is 0 Å². The summed E-state index contributed by atoms with van der Waals surface area (Å²) in [5.41, 5.74) is 4.18. The van der Waals surface area contributed by atoms with E-state index in [9.17, 15) is 4.79 Å². The van der Waals surface area contributed by atoms with E-state index < -0.39 is 0 Å². The maximum absolute atomic E-state index is 12.5. The maximum Gasteiger partial charge on any atom is 0.234 e. The second kappa shape index (κ2) is 10.6. The van der Waals surface area contributed by atoms with Gasteiger partial charge in [-0.3, -0.25) is 4.79 Å². The minimum atomic E-state index is -0.0532. The van der Waals surface area contributed by atoms with Crippen LogP contribution in [0.3, 0.4) is 0 Å². The summed E-state index contributed by atoms with van der Waals surface area (Å²) < 4.78 is 5.52. The number of aromatic nitrogens is 2. The smallest absolute Gasteiger partial charge is 0.234 e. The van der Waals surface area contributed by atoms with Crippen molar-refractivity contribution in [3.8, 4) is 5.75 Å². The van der Waals surface area contributed by atoms with Crippen molar-refractivity contribution < 1.29 is 9.53 Å². The number of piperazine rings is 1. The lowest BCUT2D eigenvalue weighted by atomic mass is 10.1. The number of carbonyl (C=O) groups is 1. The molecule has 0 atom stereocenters. The summed E-state index contributed by atoms with van der Waals surface area (Å²) >= 11 is 1.42. The number of rotatable bonds is 7. The van der Waals surface area contributed by atoms with Crippen molar-refractivity contribution in [3.05, 3.63) is 66.0 Å². The highest BCUT2D eigenvalue weighted by atomic mass is 32.2. The third-order valence-corrected chi connectivity index (χ3v) is 6.46. The van der Waals surface area contributed by atoms with Gasteiger partial charge in [0.15, 0.2) is 5.82 Å². The molecule has 0 unspecified atom stereocenters. The Balaban J connectivity index is 1.37. The first-order valence-electron chi connectivity index (χ1n) is 11.0. The number of para-hydroxylation sites is 2. The van der Waals surface area contributed by atoms with Crippen LogP contribution in [0.2, 0.25) is 0 Å². The molecule has 0 saturated carbocycles. The van der Waals surface area contributed by atoms with Gasteiger partial charge in [0, 0.05) is 44.3 Å². The van der Waals surface area contributed by atoms with Crippen LogP contribution >= 0.6 is 11.8 Å². The average Bonchev–Trinajstić information content (AvgIpc) is 2.82. The Bertz CT molecular complexity index is 1100. The topological polar surface area (TPSA) is 70.6 Å². The first-order valence-corrected chi connectivity index (χ1v) is 12.0. The summed E-state index contributed by atoms with van der Waals surface area (Å²) in [7, 11) is 1.70. The predicted molar refractivity (Wildman–Crippen MR) is 135 cm³/mol. The zero-order valence-electron chi connectivity index (χ0n) is 19.2. The molecule has 1 N–H and O–H groups in total. The highest BCUT2D eigenvalue weighted by Crippen LogP contribution is 2.31. The van der Waals surface area contributed by atoms with E-state index in [0.29, 0.717) is 0 Å². The molecule has 1 fully saturated rings. The molecule has 2 aromatic carbocycles. The summed E-state index contributed by atoms with van der Waals surface area (Å²) in [6, 6.07) is 14.1. The molecule has 0 radical (unpaired) electrons. The molecule has 4 rings (SSSR count). The Kier molecular flexibility index (Phi) is 7.34.